The fourth-order valence-electron chi connectivity index (χ4n) is 1.94. The first-order valence-electron chi connectivity index (χ1n) is 7.74. The van der Waals surface area contributed by atoms with Gasteiger partial charge in [-0.2, -0.15) is 26.3 Å². The standard InChI is InChI=1S/C9H7F3O2.C8H7F3.C2H4O2/c10-9(11,12)7-4-2-1-3-6(7)5-8(13)14;1-6-3-2-4-7(5-6)8(9,10)11;1-2-4-3/h1-4H,5H2,(H,13,14);2-5H,1H3;2-3H,1H2. The number of carboxylic acid groups (broad SMARTS) is 1. The first-order valence-corrected chi connectivity index (χ1v) is 7.74. The summed E-state index contributed by atoms with van der Waals surface area (Å²) in [6.07, 6.45) is -8.40. The Balaban J connectivity index is 0.000000466. The molecule has 0 atom stereocenters. The minimum absolute atomic E-state index is 0.215. The molecule has 10 heteroatoms. The van der Waals surface area contributed by atoms with E-state index in [2.05, 4.69) is 11.5 Å². The van der Waals surface area contributed by atoms with Crippen LogP contribution in [0.2, 0.25) is 0 Å². The van der Waals surface area contributed by atoms with E-state index in [1.807, 2.05) is 0 Å². The zero-order valence-corrected chi connectivity index (χ0v) is 15.1. The molecule has 0 saturated heterocycles. The van der Waals surface area contributed by atoms with E-state index in [0.717, 1.165) is 30.5 Å². The van der Waals surface area contributed by atoms with Crippen LogP contribution in [0.4, 0.5) is 26.3 Å². The van der Waals surface area contributed by atoms with Crippen molar-refractivity contribution in [2.24, 2.45) is 0 Å². The first kappa shape index (κ1) is 26.0. The zero-order valence-electron chi connectivity index (χ0n) is 15.1. The number of carbonyl (C=O) groups is 1. The second-order valence-electron chi connectivity index (χ2n) is 5.36. The Morgan fingerprint density at radius 2 is 1.59 bits per heavy atom. The third-order valence-corrected chi connectivity index (χ3v) is 3.08. The third kappa shape index (κ3) is 10.8. The van der Waals surface area contributed by atoms with Gasteiger partial charge in [0.25, 0.3) is 0 Å². The average Bonchev–Trinajstić information content (AvgIpc) is 2.61. The van der Waals surface area contributed by atoms with E-state index in [1.165, 1.54) is 18.2 Å². The minimum Gasteiger partial charge on any atom is -0.481 e. The highest BCUT2D eigenvalue weighted by Crippen LogP contribution is 2.32. The summed E-state index contributed by atoms with van der Waals surface area (Å²) in [7, 11) is 0. The van der Waals surface area contributed by atoms with Gasteiger partial charge in [-0.1, -0.05) is 48.5 Å². The number of hydrogen-bond acceptors (Lipinski definition) is 3. The molecule has 0 bridgehead atoms. The molecule has 2 aromatic carbocycles. The quantitative estimate of drug-likeness (QED) is 0.276. The molecule has 0 fully saturated rings. The Kier molecular flexibility index (Phi) is 10.5. The van der Waals surface area contributed by atoms with Crippen LogP contribution >= 0.6 is 0 Å². The van der Waals surface area contributed by atoms with E-state index in [1.54, 1.807) is 13.0 Å². The number of halogens is 6. The molecule has 0 spiro atoms. The summed E-state index contributed by atoms with van der Waals surface area (Å²) in [6.45, 7) is 4.64. The summed E-state index contributed by atoms with van der Waals surface area (Å²) in [4.78, 5) is 13.6. The molecule has 0 saturated carbocycles. The number of rotatable bonds is 3. The summed E-state index contributed by atoms with van der Waals surface area (Å²) < 4.78 is 72.8. The topological polar surface area (TPSA) is 66.8 Å². The maximum atomic E-state index is 12.3. The van der Waals surface area contributed by atoms with Crippen LogP contribution in [-0.4, -0.2) is 16.3 Å². The van der Waals surface area contributed by atoms with Crippen molar-refractivity contribution in [1.82, 2.24) is 0 Å². The maximum Gasteiger partial charge on any atom is 0.416 e. The van der Waals surface area contributed by atoms with Crippen LogP contribution in [0.5, 0.6) is 0 Å². The van der Waals surface area contributed by atoms with Gasteiger partial charge in [-0.3, -0.25) is 4.79 Å². The summed E-state index contributed by atoms with van der Waals surface area (Å²) in [5, 5.41) is 15.6. The lowest BCUT2D eigenvalue weighted by Gasteiger charge is -2.10. The highest BCUT2D eigenvalue weighted by atomic mass is 19.4. The lowest BCUT2D eigenvalue weighted by Crippen LogP contribution is -2.11. The third-order valence-electron chi connectivity index (χ3n) is 3.08. The summed E-state index contributed by atoms with van der Waals surface area (Å²) in [5.74, 6) is -1.28. The van der Waals surface area contributed by atoms with Crippen LogP contribution in [0, 0.1) is 6.92 Å². The van der Waals surface area contributed by atoms with E-state index in [9.17, 15) is 31.1 Å². The van der Waals surface area contributed by atoms with Crippen molar-refractivity contribution < 1.29 is 46.4 Å². The lowest BCUT2D eigenvalue weighted by molar-refractivity contribution is -0.186. The molecule has 0 aliphatic rings. The number of alkyl halides is 6. The average molecular weight is 424 g/mol. The van der Waals surface area contributed by atoms with Crippen LogP contribution in [0.25, 0.3) is 0 Å². The van der Waals surface area contributed by atoms with Gasteiger partial charge in [-0.15, -0.1) is 0 Å². The Labute approximate surface area is 162 Å². The molecule has 2 N–H and O–H groups in total. The normalized spacial score (nSPS) is 10.6. The van der Waals surface area contributed by atoms with Crippen molar-refractivity contribution in [1.29, 1.82) is 0 Å². The van der Waals surface area contributed by atoms with Gasteiger partial charge in [0.2, 0.25) is 0 Å². The number of aryl methyl sites for hydroxylation is 1. The fraction of sp³-hybridized carbons (Fsp3) is 0.211. The summed E-state index contributed by atoms with van der Waals surface area (Å²) in [6, 6.07) is 9.87. The smallest absolute Gasteiger partial charge is 0.416 e. The van der Waals surface area contributed by atoms with Crippen LogP contribution in [0.15, 0.2) is 61.4 Å². The van der Waals surface area contributed by atoms with Gasteiger partial charge >= 0.3 is 18.3 Å². The molecule has 2 rings (SSSR count). The highest BCUT2D eigenvalue weighted by Gasteiger charge is 2.33. The summed E-state index contributed by atoms with van der Waals surface area (Å²) >= 11 is 0. The molecule has 0 unspecified atom stereocenters. The van der Waals surface area contributed by atoms with Gasteiger partial charge in [0, 0.05) is 0 Å². The van der Waals surface area contributed by atoms with Gasteiger partial charge < -0.3 is 9.99 Å². The molecule has 0 aliphatic heterocycles. The predicted molar refractivity (Wildman–Crippen MR) is 92.9 cm³/mol. The molecule has 4 nitrogen and oxygen atoms in total. The molecule has 2 aromatic rings. The monoisotopic (exact) mass is 424 g/mol. The number of benzene rings is 2. The van der Waals surface area contributed by atoms with E-state index >= 15 is 0 Å². The van der Waals surface area contributed by atoms with Crippen molar-refractivity contribution in [2.75, 3.05) is 0 Å². The van der Waals surface area contributed by atoms with Crippen molar-refractivity contribution in [3.8, 4) is 0 Å². The van der Waals surface area contributed by atoms with E-state index in [-0.39, 0.29) is 5.56 Å². The van der Waals surface area contributed by atoms with Gasteiger partial charge in [0.15, 0.2) is 0 Å². The molecule has 0 aliphatic carbocycles. The predicted octanol–water partition coefficient (Wildman–Crippen LogP) is 5.97. The van der Waals surface area contributed by atoms with Gasteiger partial charge in [0.05, 0.1) is 17.5 Å². The van der Waals surface area contributed by atoms with Gasteiger partial charge in [-0.05, 0) is 24.6 Å². The minimum atomic E-state index is -4.49. The summed E-state index contributed by atoms with van der Waals surface area (Å²) in [5.41, 5.74) is -1.06. The van der Waals surface area contributed by atoms with E-state index in [4.69, 9.17) is 10.4 Å². The molecular weight excluding hydrogens is 406 g/mol. The van der Waals surface area contributed by atoms with E-state index in [0.29, 0.717) is 5.56 Å². The molecule has 0 aromatic heterocycles. The van der Waals surface area contributed by atoms with Crippen LogP contribution in [-0.2, 0) is 28.5 Å². The largest absolute Gasteiger partial charge is 0.481 e. The van der Waals surface area contributed by atoms with Crippen molar-refractivity contribution in [3.05, 3.63) is 83.6 Å². The fourth-order valence-corrected chi connectivity index (χ4v) is 1.94. The van der Waals surface area contributed by atoms with Gasteiger partial charge in [0.1, 0.15) is 6.26 Å². The first-order chi connectivity index (χ1) is 13.3. The molecular formula is C19H18F6O4. The maximum absolute atomic E-state index is 12.3. The lowest BCUT2D eigenvalue weighted by atomic mass is 10.0. The Bertz CT molecular complexity index is 785. The van der Waals surface area contributed by atoms with Crippen molar-refractivity contribution in [3.63, 3.8) is 0 Å². The second-order valence-corrected chi connectivity index (χ2v) is 5.36. The number of carboxylic acids is 1. The number of hydrogen-bond donors (Lipinski definition) is 2. The SMILES string of the molecule is C=COO.Cc1cccc(C(F)(F)F)c1.O=C(O)Cc1ccccc1C(F)(F)F. The van der Waals surface area contributed by atoms with Crippen LogP contribution in [0.1, 0.15) is 22.3 Å². The molecule has 160 valence electrons. The molecule has 0 radical (unpaired) electrons. The van der Waals surface area contributed by atoms with E-state index < -0.39 is 35.9 Å². The Morgan fingerprint density at radius 3 is 1.97 bits per heavy atom. The van der Waals surface area contributed by atoms with Crippen LogP contribution in [0.3, 0.4) is 0 Å². The van der Waals surface area contributed by atoms with Crippen molar-refractivity contribution >= 4 is 5.97 Å². The van der Waals surface area contributed by atoms with Crippen LogP contribution < -0.4 is 0 Å². The molecule has 0 amide bonds. The Morgan fingerprint density at radius 1 is 1.03 bits per heavy atom. The zero-order chi connectivity index (χ0) is 22.7. The molecule has 29 heavy (non-hydrogen) atoms. The van der Waals surface area contributed by atoms with Gasteiger partial charge in [-0.25, -0.2) is 5.26 Å². The van der Waals surface area contributed by atoms with Crippen molar-refractivity contribution in [2.45, 2.75) is 25.7 Å². The Hall–Kier alpha value is -3.01. The molecule has 0 heterocycles. The highest BCUT2D eigenvalue weighted by molar-refractivity contribution is 5.70. The second kappa shape index (κ2) is 11.7. The number of aliphatic carboxylic acids is 1.